The highest BCUT2D eigenvalue weighted by Crippen LogP contribution is 2.27. The lowest BCUT2D eigenvalue weighted by molar-refractivity contribution is 0.0517. The van der Waals surface area contributed by atoms with E-state index in [0.29, 0.717) is 6.20 Å². The van der Waals surface area contributed by atoms with Crippen molar-refractivity contribution in [3.8, 4) is 0 Å². The van der Waals surface area contributed by atoms with Gasteiger partial charge in [0.1, 0.15) is 10.2 Å². The SMILES string of the molecule is CCOC(=O)c1c(Br)ncc(C(F)F)c1F. The van der Waals surface area contributed by atoms with Crippen LogP contribution in [0.3, 0.4) is 0 Å². The Labute approximate surface area is 97.8 Å². The fourth-order valence-electron chi connectivity index (χ4n) is 1.01. The fraction of sp³-hybridized carbons (Fsp3) is 0.333. The summed E-state index contributed by atoms with van der Waals surface area (Å²) in [6.07, 6.45) is -2.36. The maximum absolute atomic E-state index is 13.5. The molecule has 0 aromatic carbocycles. The van der Waals surface area contributed by atoms with Gasteiger partial charge in [-0.15, -0.1) is 0 Å². The smallest absolute Gasteiger partial charge is 0.343 e. The summed E-state index contributed by atoms with van der Waals surface area (Å²) < 4.78 is 42.6. The molecule has 0 amide bonds. The third-order valence-corrected chi connectivity index (χ3v) is 2.31. The molecule has 0 saturated heterocycles. The second kappa shape index (κ2) is 5.29. The predicted octanol–water partition coefficient (Wildman–Crippen LogP) is 3.10. The second-order valence-electron chi connectivity index (χ2n) is 2.71. The lowest BCUT2D eigenvalue weighted by Crippen LogP contribution is -2.11. The number of hydrogen-bond donors (Lipinski definition) is 0. The van der Waals surface area contributed by atoms with Gasteiger partial charge in [0.05, 0.1) is 12.2 Å². The number of hydrogen-bond acceptors (Lipinski definition) is 3. The van der Waals surface area contributed by atoms with E-state index in [1.54, 1.807) is 0 Å². The van der Waals surface area contributed by atoms with E-state index in [0.717, 1.165) is 0 Å². The van der Waals surface area contributed by atoms with Crippen LogP contribution in [0.1, 0.15) is 29.3 Å². The first-order valence-electron chi connectivity index (χ1n) is 4.28. The van der Waals surface area contributed by atoms with Crippen LogP contribution in [-0.2, 0) is 4.74 Å². The minimum Gasteiger partial charge on any atom is -0.462 e. The minimum atomic E-state index is -3.03. The topological polar surface area (TPSA) is 39.2 Å². The van der Waals surface area contributed by atoms with Crippen LogP contribution in [0.25, 0.3) is 0 Å². The van der Waals surface area contributed by atoms with Crippen molar-refractivity contribution >= 4 is 21.9 Å². The number of carbonyl (C=O) groups is 1. The average Bonchev–Trinajstić information content (AvgIpc) is 2.17. The number of halogens is 4. The first-order chi connectivity index (χ1) is 7.49. The fourth-order valence-corrected chi connectivity index (χ4v) is 1.45. The van der Waals surface area contributed by atoms with E-state index < -0.39 is 29.3 Å². The molecule has 0 N–H and O–H groups in total. The normalized spacial score (nSPS) is 10.6. The number of esters is 1. The largest absolute Gasteiger partial charge is 0.462 e. The third kappa shape index (κ3) is 2.52. The number of carbonyl (C=O) groups excluding carboxylic acids is 1. The van der Waals surface area contributed by atoms with Gasteiger partial charge in [-0.1, -0.05) is 0 Å². The molecule has 0 unspecified atom stereocenters. The van der Waals surface area contributed by atoms with Crippen LogP contribution in [0.15, 0.2) is 10.8 Å². The van der Waals surface area contributed by atoms with E-state index in [1.165, 1.54) is 6.92 Å². The molecule has 0 aliphatic rings. The van der Waals surface area contributed by atoms with Crippen molar-refractivity contribution in [2.24, 2.45) is 0 Å². The Hall–Kier alpha value is -1.11. The maximum Gasteiger partial charge on any atom is 0.343 e. The lowest BCUT2D eigenvalue weighted by Gasteiger charge is -2.08. The lowest BCUT2D eigenvalue weighted by atomic mass is 10.2. The van der Waals surface area contributed by atoms with Gasteiger partial charge in [-0.25, -0.2) is 22.9 Å². The third-order valence-electron chi connectivity index (χ3n) is 1.71. The Morgan fingerprint density at radius 1 is 1.62 bits per heavy atom. The summed E-state index contributed by atoms with van der Waals surface area (Å²) in [5.41, 5.74) is -1.54. The zero-order valence-corrected chi connectivity index (χ0v) is 9.72. The molecule has 0 saturated carbocycles. The van der Waals surface area contributed by atoms with Gasteiger partial charge in [0, 0.05) is 6.20 Å². The van der Waals surface area contributed by atoms with Gasteiger partial charge >= 0.3 is 5.97 Å². The van der Waals surface area contributed by atoms with Crippen LogP contribution in [0.5, 0.6) is 0 Å². The van der Waals surface area contributed by atoms with E-state index in [9.17, 15) is 18.0 Å². The zero-order chi connectivity index (χ0) is 12.3. The number of nitrogens with zero attached hydrogens (tertiary/aromatic N) is 1. The molecular formula is C9H7BrF3NO2. The van der Waals surface area contributed by atoms with Crippen molar-refractivity contribution in [2.45, 2.75) is 13.3 Å². The number of alkyl halides is 2. The summed E-state index contributed by atoms with van der Waals surface area (Å²) in [4.78, 5) is 14.7. The van der Waals surface area contributed by atoms with Crippen molar-refractivity contribution in [3.05, 3.63) is 27.7 Å². The average molecular weight is 298 g/mol. The molecule has 0 radical (unpaired) electrons. The molecule has 1 heterocycles. The maximum atomic E-state index is 13.5. The summed E-state index contributed by atoms with van der Waals surface area (Å²) in [6, 6.07) is 0. The van der Waals surface area contributed by atoms with E-state index in [2.05, 4.69) is 25.7 Å². The molecule has 7 heteroatoms. The van der Waals surface area contributed by atoms with Gasteiger partial charge in [-0.05, 0) is 22.9 Å². The molecule has 16 heavy (non-hydrogen) atoms. The van der Waals surface area contributed by atoms with Gasteiger partial charge in [-0.3, -0.25) is 0 Å². The molecule has 0 spiro atoms. The predicted molar refractivity (Wildman–Crippen MR) is 52.8 cm³/mol. The molecule has 0 atom stereocenters. The summed E-state index contributed by atoms with van der Waals surface area (Å²) in [5.74, 6) is -2.34. The van der Waals surface area contributed by atoms with Crippen LogP contribution < -0.4 is 0 Å². The Kier molecular flexibility index (Phi) is 4.28. The van der Waals surface area contributed by atoms with Gasteiger partial charge < -0.3 is 4.74 Å². The van der Waals surface area contributed by atoms with Crippen LogP contribution in [0.2, 0.25) is 0 Å². The molecular weight excluding hydrogens is 291 g/mol. The van der Waals surface area contributed by atoms with Crippen LogP contribution in [0, 0.1) is 5.82 Å². The van der Waals surface area contributed by atoms with E-state index >= 15 is 0 Å². The van der Waals surface area contributed by atoms with Crippen molar-refractivity contribution in [1.29, 1.82) is 0 Å². The van der Waals surface area contributed by atoms with Crippen LogP contribution in [0.4, 0.5) is 13.2 Å². The number of rotatable bonds is 3. The number of aromatic nitrogens is 1. The van der Waals surface area contributed by atoms with E-state index in [-0.39, 0.29) is 11.2 Å². The van der Waals surface area contributed by atoms with Gasteiger partial charge in [-0.2, -0.15) is 0 Å². The first-order valence-corrected chi connectivity index (χ1v) is 5.07. The summed E-state index contributed by atoms with van der Waals surface area (Å²) in [5, 5.41) is 0. The zero-order valence-electron chi connectivity index (χ0n) is 8.14. The standard InChI is InChI=1S/C9H7BrF3NO2/c1-2-16-9(15)5-6(11)4(8(12)13)3-14-7(5)10/h3,8H,2H2,1H3. The van der Waals surface area contributed by atoms with Crippen molar-refractivity contribution in [3.63, 3.8) is 0 Å². The monoisotopic (exact) mass is 297 g/mol. The van der Waals surface area contributed by atoms with Crippen LogP contribution >= 0.6 is 15.9 Å². The van der Waals surface area contributed by atoms with Crippen molar-refractivity contribution in [2.75, 3.05) is 6.61 Å². The molecule has 0 aliphatic heterocycles. The second-order valence-corrected chi connectivity index (χ2v) is 3.47. The van der Waals surface area contributed by atoms with Crippen molar-refractivity contribution in [1.82, 2.24) is 4.98 Å². The molecule has 1 aromatic rings. The molecule has 0 aliphatic carbocycles. The van der Waals surface area contributed by atoms with Crippen LogP contribution in [-0.4, -0.2) is 17.6 Å². The summed E-state index contributed by atoms with van der Waals surface area (Å²) in [6.45, 7) is 1.54. The molecule has 1 rings (SSSR count). The number of pyridine rings is 1. The highest BCUT2D eigenvalue weighted by molar-refractivity contribution is 9.10. The highest BCUT2D eigenvalue weighted by atomic mass is 79.9. The Bertz CT molecular complexity index is 412. The Morgan fingerprint density at radius 2 is 2.25 bits per heavy atom. The molecule has 0 bridgehead atoms. The Morgan fingerprint density at radius 3 is 2.75 bits per heavy atom. The summed E-state index contributed by atoms with van der Waals surface area (Å²) in [7, 11) is 0. The number of ether oxygens (including phenoxy) is 1. The quantitative estimate of drug-likeness (QED) is 0.636. The summed E-state index contributed by atoms with van der Waals surface area (Å²) >= 11 is 2.80. The van der Waals surface area contributed by atoms with Gasteiger partial charge in [0.2, 0.25) is 0 Å². The van der Waals surface area contributed by atoms with E-state index in [1.807, 2.05) is 0 Å². The minimum absolute atomic E-state index is 0.0175. The molecule has 0 fully saturated rings. The highest BCUT2D eigenvalue weighted by Gasteiger charge is 2.25. The van der Waals surface area contributed by atoms with E-state index in [4.69, 9.17) is 0 Å². The molecule has 3 nitrogen and oxygen atoms in total. The molecule has 1 aromatic heterocycles. The van der Waals surface area contributed by atoms with Crippen molar-refractivity contribution < 1.29 is 22.7 Å². The first kappa shape index (κ1) is 13.0. The van der Waals surface area contributed by atoms with Gasteiger partial charge in [0.25, 0.3) is 6.43 Å². The Balaban J connectivity index is 3.26. The van der Waals surface area contributed by atoms with Gasteiger partial charge in [0.15, 0.2) is 5.82 Å². The molecule has 88 valence electrons.